The Labute approximate surface area is 220 Å². The van der Waals surface area contributed by atoms with Crippen LogP contribution in [-0.2, 0) is 11.3 Å². The zero-order valence-corrected chi connectivity index (χ0v) is 21.3. The Morgan fingerprint density at radius 2 is 1.82 bits per heavy atom. The summed E-state index contributed by atoms with van der Waals surface area (Å²) in [6, 6.07) is 10.4. The molecule has 3 aliphatic rings. The standard InChI is InChI=1S/C28H32N6O4/c35-22-9-8-18(16-19(22)17-33-12-14-38-15-13-33)25-24-26(31-30-25)20-6-5-7-21(23(20)27(24)36)29-28(37)32-34-10-3-1-2-4-11-34/h5-9,16,35H,1-4,10-15,17H2,(H,30,31)(H2,29,32,37). The summed E-state index contributed by atoms with van der Waals surface area (Å²) in [5.41, 5.74) is 7.73. The van der Waals surface area contributed by atoms with Crippen LogP contribution in [0.2, 0.25) is 0 Å². The number of carbonyl (C=O) groups excluding carboxylic acids is 2. The number of nitrogens with zero attached hydrogens (tertiary/aromatic N) is 3. The molecule has 0 spiro atoms. The number of ketones is 1. The molecule has 0 atom stereocenters. The molecule has 0 saturated carbocycles. The van der Waals surface area contributed by atoms with Crippen LogP contribution in [0.25, 0.3) is 22.5 Å². The van der Waals surface area contributed by atoms with Crippen LogP contribution in [0.5, 0.6) is 5.75 Å². The van der Waals surface area contributed by atoms with Crippen LogP contribution in [0.1, 0.15) is 47.2 Å². The molecule has 0 bridgehead atoms. The summed E-state index contributed by atoms with van der Waals surface area (Å²) in [4.78, 5) is 28.8. The van der Waals surface area contributed by atoms with Crippen molar-refractivity contribution >= 4 is 17.5 Å². The second-order valence-electron chi connectivity index (χ2n) is 10.1. The first-order chi connectivity index (χ1) is 18.6. The van der Waals surface area contributed by atoms with Gasteiger partial charge in [0, 0.05) is 49.4 Å². The fourth-order valence-electron chi connectivity index (χ4n) is 5.54. The van der Waals surface area contributed by atoms with E-state index in [1.54, 1.807) is 18.2 Å². The van der Waals surface area contributed by atoms with E-state index in [0.717, 1.165) is 50.1 Å². The summed E-state index contributed by atoms with van der Waals surface area (Å²) < 4.78 is 5.43. The summed E-state index contributed by atoms with van der Waals surface area (Å²) in [7, 11) is 0. The number of hydrogen-bond acceptors (Lipinski definition) is 7. The predicted molar refractivity (Wildman–Crippen MR) is 143 cm³/mol. The molecule has 1 aliphatic carbocycles. The molecular formula is C28H32N6O4. The number of ether oxygens (including phenoxy) is 1. The first-order valence-corrected chi connectivity index (χ1v) is 13.3. The second kappa shape index (κ2) is 10.6. The quantitative estimate of drug-likeness (QED) is 0.319. The molecule has 4 N–H and O–H groups in total. The third-order valence-electron chi connectivity index (χ3n) is 7.52. The number of hydrazine groups is 1. The fraction of sp³-hybridized carbons (Fsp3) is 0.393. The van der Waals surface area contributed by atoms with Gasteiger partial charge in [-0.25, -0.2) is 9.80 Å². The van der Waals surface area contributed by atoms with Gasteiger partial charge in [-0.1, -0.05) is 25.0 Å². The Balaban J connectivity index is 1.25. The van der Waals surface area contributed by atoms with E-state index in [9.17, 15) is 14.7 Å². The lowest BCUT2D eigenvalue weighted by atomic mass is 10.0. The van der Waals surface area contributed by atoms with Crippen molar-refractivity contribution in [2.75, 3.05) is 44.7 Å². The number of aromatic amines is 1. The van der Waals surface area contributed by atoms with Gasteiger partial charge >= 0.3 is 6.03 Å². The highest BCUT2D eigenvalue weighted by Gasteiger charge is 2.35. The number of morpholine rings is 1. The van der Waals surface area contributed by atoms with Gasteiger partial charge in [0.15, 0.2) is 5.78 Å². The maximum Gasteiger partial charge on any atom is 0.333 e. The Hall–Kier alpha value is -3.73. The molecule has 38 heavy (non-hydrogen) atoms. The molecule has 1 aromatic heterocycles. The largest absolute Gasteiger partial charge is 0.508 e. The lowest BCUT2D eigenvalue weighted by Crippen LogP contribution is -2.44. The van der Waals surface area contributed by atoms with Gasteiger partial charge in [-0.05, 0) is 37.1 Å². The zero-order chi connectivity index (χ0) is 26.1. The van der Waals surface area contributed by atoms with E-state index in [-0.39, 0.29) is 17.6 Å². The van der Waals surface area contributed by atoms with E-state index in [1.807, 2.05) is 23.2 Å². The minimum absolute atomic E-state index is 0.188. The molecule has 2 aliphatic heterocycles. The van der Waals surface area contributed by atoms with Gasteiger partial charge in [0.25, 0.3) is 0 Å². The highest BCUT2D eigenvalue weighted by atomic mass is 16.5. The van der Waals surface area contributed by atoms with Crippen molar-refractivity contribution in [2.45, 2.75) is 32.2 Å². The molecule has 198 valence electrons. The third-order valence-corrected chi connectivity index (χ3v) is 7.52. The summed E-state index contributed by atoms with van der Waals surface area (Å²) in [5.74, 6) is 0.0242. The van der Waals surface area contributed by atoms with E-state index in [1.165, 1.54) is 12.8 Å². The van der Waals surface area contributed by atoms with E-state index < -0.39 is 0 Å². The van der Waals surface area contributed by atoms with Crippen molar-refractivity contribution in [1.82, 2.24) is 25.5 Å². The Kier molecular flexibility index (Phi) is 6.84. The molecule has 2 aromatic carbocycles. The Morgan fingerprint density at radius 1 is 1.03 bits per heavy atom. The second-order valence-corrected chi connectivity index (χ2v) is 10.1. The van der Waals surface area contributed by atoms with Crippen molar-refractivity contribution in [3.05, 3.63) is 53.1 Å². The van der Waals surface area contributed by atoms with Crippen LogP contribution in [0, 0.1) is 0 Å². The number of aromatic hydroxyl groups is 1. The van der Waals surface area contributed by atoms with Crippen LogP contribution in [0.3, 0.4) is 0 Å². The number of anilines is 1. The number of nitrogens with one attached hydrogen (secondary N) is 3. The van der Waals surface area contributed by atoms with Crippen LogP contribution in [0.4, 0.5) is 10.5 Å². The molecule has 3 aromatic rings. The molecule has 6 rings (SSSR count). The average Bonchev–Trinajstić information content (AvgIpc) is 3.36. The van der Waals surface area contributed by atoms with Gasteiger partial charge in [0.05, 0.1) is 35.7 Å². The van der Waals surface area contributed by atoms with E-state index in [2.05, 4.69) is 25.8 Å². The third kappa shape index (κ3) is 4.78. The fourth-order valence-corrected chi connectivity index (χ4v) is 5.54. The van der Waals surface area contributed by atoms with Gasteiger partial charge in [-0.3, -0.25) is 20.2 Å². The maximum absolute atomic E-state index is 13.7. The highest BCUT2D eigenvalue weighted by Crippen LogP contribution is 2.43. The van der Waals surface area contributed by atoms with E-state index >= 15 is 0 Å². The average molecular weight is 517 g/mol. The van der Waals surface area contributed by atoms with Crippen LogP contribution < -0.4 is 10.7 Å². The molecule has 2 saturated heterocycles. The predicted octanol–water partition coefficient (Wildman–Crippen LogP) is 3.74. The first kappa shape index (κ1) is 24.6. The molecule has 3 heterocycles. The molecule has 10 nitrogen and oxygen atoms in total. The van der Waals surface area contributed by atoms with Crippen molar-refractivity contribution in [1.29, 1.82) is 0 Å². The number of hydrogen-bond donors (Lipinski definition) is 4. The molecule has 2 fully saturated rings. The molecule has 10 heteroatoms. The minimum Gasteiger partial charge on any atom is -0.508 e. The number of amides is 2. The smallest absolute Gasteiger partial charge is 0.333 e. The normalized spacial score (nSPS) is 18.1. The molecule has 2 amide bonds. The van der Waals surface area contributed by atoms with Crippen LogP contribution >= 0.6 is 0 Å². The number of fused-ring (bicyclic) bond motifs is 3. The van der Waals surface area contributed by atoms with Gasteiger partial charge in [-0.15, -0.1) is 0 Å². The highest BCUT2D eigenvalue weighted by molar-refractivity contribution is 6.26. The summed E-state index contributed by atoms with van der Waals surface area (Å²) in [6.07, 6.45) is 4.44. The number of urea groups is 1. The van der Waals surface area contributed by atoms with Crippen molar-refractivity contribution in [3.8, 4) is 28.3 Å². The molecular weight excluding hydrogens is 484 g/mol. The number of carbonyl (C=O) groups is 2. The number of benzene rings is 2. The minimum atomic E-state index is -0.353. The van der Waals surface area contributed by atoms with E-state index in [4.69, 9.17) is 4.74 Å². The van der Waals surface area contributed by atoms with Gasteiger partial charge in [0.2, 0.25) is 0 Å². The van der Waals surface area contributed by atoms with Crippen LogP contribution in [-0.4, -0.2) is 76.4 Å². The monoisotopic (exact) mass is 516 g/mol. The number of phenols is 1. The lowest BCUT2D eigenvalue weighted by Gasteiger charge is -2.26. The summed E-state index contributed by atoms with van der Waals surface area (Å²) >= 11 is 0. The zero-order valence-electron chi connectivity index (χ0n) is 21.3. The van der Waals surface area contributed by atoms with Gasteiger partial charge in [0.1, 0.15) is 11.4 Å². The first-order valence-electron chi connectivity index (χ1n) is 13.3. The van der Waals surface area contributed by atoms with Crippen molar-refractivity contribution in [2.24, 2.45) is 0 Å². The summed E-state index contributed by atoms with van der Waals surface area (Å²) in [6.45, 7) is 5.17. The van der Waals surface area contributed by atoms with Crippen molar-refractivity contribution < 1.29 is 19.4 Å². The number of aromatic nitrogens is 2. The Bertz CT molecular complexity index is 1360. The van der Waals surface area contributed by atoms with Crippen molar-refractivity contribution in [3.63, 3.8) is 0 Å². The number of phenolic OH excluding ortho intramolecular Hbond substituents is 1. The number of rotatable bonds is 5. The lowest BCUT2D eigenvalue weighted by molar-refractivity contribution is 0.0339. The van der Waals surface area contributed by atoms with Gasteiger partial charge in [-0.2, -0.15) is 5.10 Å². The molecule has 0 radical (unpaired) electrons. The topological polar surface area (TPSA) is 123 Å². The molecule has 0 unspecified atom stereocenters. The maximum atomic E-state index is 13.7. The number of H-pyrrole nitrogens is 1. The SMILES string of the molecule is O=C(Nc1cccc2c1C(=O)c1c(-c3ccc(O)c(CN4CCOCC4)c3)n[nH]c1-2)NN1CCCCCC1. The van der Waals surface area contributed by atoms with E-state index in [0.29, 0.717) is 53.5 Å². The summed E-state index contributed by atoms with van der Waals surface area (Å²) in [5, 5.41) is 22.9. The van der Waals surface area contributed by atoms with Gasteiger partial charge < -0.3 is 15.2 Å². The Morgan fingerprint density at radius 3 is 2.61 bits per heavy atom. The van der Waals surface area contributed by atoms with Crippen LogP contribution in [0.15, 0.2) is 36.4 Å².